The van der Waals surface area contributed by atoms with Gasteiger partial charge in [0.2, 0.25) is 0 Å². The van der Waals surface area contributed by atoms with Gasteiger partial charge in [-0.1, -0.05) is 6.07 Å². The number of anilines is 1. The summed E-state index contributed by atoms with van der Waals surface area (Å²) in [5, 5.41) is 9.35. The molecule has 0 radical (unpaired) electrons. The summed E-state index contributed by atoms with van der Waals surface area (Å²) in [6.45, 7) is 7.03. The third kappa shape index (κ3) is 3.91. The van der Waals surface area contributed by atoms with Crippen LogP contribution in [0.25, 0.3) is 16.4 Å². The highest BCUT2D eigenvalue weighted by molar-refractivity contribution is 5.95. The number of carbonyl (C=O) groups excluding carboxylic acids is 1. The molecule has 33 heavy (non-hydrogen) atoms. The molecule has 0 bridgehead atoms. The Balaban J connectivity index is 1.30. The van der Waals surface area contributed by atoms with E-state index in [0.29, 0.717) is 24.5 Å². The number of nitrogens with zero attached hydrogens (tertiary/aromatic N) is 5. The Bertz CT molecular complexity index is 1510. The molecule has 3 N–H and O–H groups in total. The van der Waals surface area contributed by atoms with Gasteiger partial charge in [0.15, 0.2) is 0 Å². The second-order valence-corrected chi connectivity index (χ2v) is 8.40. The van der Waals surface area contributed by atoms with Crippen molar-refractivity contribution >= 4 is 28.1 Å². The summed E-state index contributed by atoms with van der Waals surface area (Å²) in [5.41, 5.74) is 12.7. The van der Waals surface area contributed by atoms with Gasteiger partial charge in [-0.3, -0.25) is 9.48 Å². The Labute approximate surface area is 191 Å². The summed E-state index contributed by atoms with van der Waals surface area (Å²) in [4.78, 5) is 21.6. The summed E-state index contributed by atoms with van der Waals surface area (Å²) in [7, 11) is 0. The molecule has 4 heterocycles. The molecule has 0 unspecified atom stereocenters. The number of benzene rings is 1. The van der Waals surface area contributed by atoms with Gasteiger partial charge < -0.3 is 15.5 Å². The fourth-order valence-corrected chi connectivity index (χ4v) is 4.24. The molecule has 1 amide bonds. The third-order valence-corrected chi connectivity index (χ3v) is 6.01. The van der Waals surface area contributed by atoms with Crippen LogP contribution in [0.5, 0.6) is 0 Å². The highest BCUT2D eigenvalue weighted by Gasteiger charge is 2.14. The van der Waals surface area contributed by atoms with E-state index in [0.717, 1.165) is 38.8 Å². The van der Waals surface area contributed by atoms with Crippen molar-refractivity contribution < 1.29 is 4.79 Å². The molecular formula is C25H25N7O. The maximum atomic E-state index is 12.8. The topological polar surface area (TPSA) is 103 Å². The van der Waals surface area contributed by atoms with Crippen LogP contribution >= 0.6 is 0 Å². The minimum atomic E-state index is -0.167. The standard InChI is InChI=1S/C25H25N7O/c1-15-4-5-23-30-19(13-31(23)11-15)14-32-12-18(9-29-32)25(33)28-10-22-16(2)8-21-20(17(22)3)6-7-27-24(21)26/h4-9,11-13H,10,14H2,1-3H3,(H2,26,27)(H,28,33). The van der Waals surface area contributed by atoms with E-state index in [2.05, 4.69) is 20.4 Å². The molecule has 0 aliphatic carbocycles. The number of imidazole rings is 1. The normalized spacial score (nSPS) is 11.4. The molecule has 166 valence electrons. The van der Waals surface area contributed by atoms with Crippen molar-refractivity contribution in [1.29, 1.82) is 0 Å². The summed E-state index contributed by atoms with van der Waals surface area (Å²) >= 11 is 0. The Morgan fingerprint density at radius 1 is 1.09 bits per heavy atom. The van der Waals surface area contributed by atoms with E-state index >= 15 is 0 Å². The lowest BCUT2D eigenvalue weighted by Gasteiger charge is -2.14. The number of hydrogen-bond donors (Lipinski definition) is 2. The van der Waals surface area contributed by atoms with Gasteiger partial charge in [0.1, 0.15) is 11.5 Å². The van der Waals surface area contributed by atoms with Gasteiger partial charge in [0.05, 0.1) is 24.0 Å². The van der Waals surface area contributed by atoms with Crippen molar-refractivity contribution in [2.45, 2.75) is 33.9 Å². The van der Waals surface area contributed by atoms with Gasteiger partial charge in [-0.15, -0.1) is 0 Å². The number of hydrogen-bond acceptors (Lipinski definition) is 5. The summed E-state index contributed by atoms with van der Waals surface area (Å²) < 4.78 is 3.73. The first-order chi connectivity index (χ1) is 15.9. The van der Waals surface area contributed by atoms with E-state index in [9.17, 15) is 4.79 Å². The SMILES string of the molecule is Cc1ccc2nc(Cn3cc(C(=O)NCc4c(C)cc5c(N)nccc5c4C)cn3)cn2c1. The maximum Gasteiger partial charge on any atom is 0.254 e. The quantitative estimate of drug-likeness (QED) is 0.436. The first-order valence-corrected chi connectivity index (χ1v) is 10.8. The molecule has 4 aromatic heterocycles. The van der Waals surface area contributed by atoms with E-state index in [-0.39, 0.29) is 5.91 Å². The number of nitrogens with one attached hydrogen (secondary N) is 1. The number of amides is 1. The van der Waals surface area contributed by atoms with E-state index < -0.39 is 0 Å². The Kier molecular flexibility index (Phi) is 5.05. The number of fused-ring (bicyclic) bond motifs is 2. The first kappa shape index (κ1) is 20.7. The highest BCUT2D eigenvalue weighted by atomic mass is 16.1. The molecule has 5 rings (SSSR count). The van der Waals surface area contributed by atoms with Gasteiger partial charge in [0.25, 0.3) is 5.91 Å². The third-order valence-electron chi connectivity index (χ3n) is 6.01. The number of aryl methyl sites for hydroxylation is 3. The van der Waals surface area contributed by atoms with Gasteiger partial charge in [-0.25, -0.2) is 9.97 Å². The van der Waals surface area contributed by atoms with Crippen LogP contribution in [0.3, 0.4) is 0 Å². The van der Waals surface area contributed by atoms with E-state index in [1.165, 1.54) is 5.56 Å². The van der Waals surface area contributed by atoms with Crippen LogP contribution in [0.15, 0.2) is 55.2 Å². The van der Waals surface area contributed by atoms with Crippen molar-refractivity contribution in [2.75, 3.05) is 5.73 Å². The number of pyridine rings is 2. The zero-order valence-electron chi connectivity index (χ0n) is 18.8. The lowest BCUT2D eigenvalue weighted by atomic mass is 9.96. The minimum absolute atomic E-state index is 0.167. The molecule has 0 fully saturated rings. The van der Waals surface area contributed by atoms with Crippen LogP contribution in [-0.4, -0.2) is 30.1 Å². The summed E-state index contributed by atoms with van der Waals surface area (Å²) in [6, 6.07) is 8.01. The zero-order chi connectivity index (χ0) is 23.1. The van der Waals surface area contributed by atoms with Crippen LogP contribution in [0.1, 0.15) is 38.3 Å². The minimum Gasteiger partial charge on any atom is -0.383 e. The Morgan fingerprint density at radius 2 is 1.94 bits per heavy atom. The number of nitrogen functional groups attached to an aromatic ring is 1. The summed E-state index contributed by atoms with van der Waals surface area (Å²) in [6.07, 6.45) is 9.06. The van der Waals surface area contributed by atoms with Crippen molar-refractivity contribution in [3.05, 3.63) is 88.8 Å². The molecule has 0 atom stereocenters. The van der Waals surface area contributed by atoms with Crippen LogP contribution in [0.4, 0.5) is 5.82 Å². The molecule has 0 aliphatic heterocycles. The Hall–Kier alpha value is -4.20. The van der Waals surface area contributed by atoms with Crippen molar-refractivity contribution in [1.82, 2.24) is 29.5 Å². The number of aromatic nitrogens is 5. The van der Waals surface area contributed by atoms with Crippen molar-refractivity contribution in [2.24, 2.45) is 0 Å². The summed E-state index contributed by atoms with van der Waals surface area (Å²) in [5.74, 6) is 0.349. The maximum absolute atomic E-state index is 12.8. The molecular weight excluding hydrogens is 414 g/mol. The first-order valence-electron chi connectivity index (χ1n) is 10.8. The second-order valence-electron chi connectivity index (χ2n) is 8.40. The van der Waals surface area contributed by atoms with Crippen molar-refractivity contribution in [3.63, 3.8) is 0 Å². The number of carbonyl (C=O) groups is 1. The van der Waals surface area contributed by atoms with Gasteiger partial charge >= 0.3 is 0 Å². The predicted octanol–water partition coefficient (Wildman–Crippen LogP) is 3.56. The average molecular weight is 440 g/mol. The Morgan fingerprint density at radius 3 is 2.79 bits per heavy atom. The smallest absolute Gasteiger partial charge is 0.254 e. The highest BCUT2D eigenvalue weighted by Crippen LogP contribution is 2.27. The van der Waals surface area contributed by atoms with E-state index in [1.54, 1.807) is 23.3 Å². The molecule has 0 saturated heterocycles. The zero-order valence-corrected chi connectivity index (χ0v) is 18.8. The lowest BCUT2D eigenvalue weighted by molar-refractivity contribution is 0.0950. The molecule has 8 nitrogen and oxygen atoms in total. The molecule has 0 spiro atoms. The molecule has 0 aliphatic rings. The molecule has 1 aromatic carbocycles. The fourth-order valence-electron chi connectivity index (χ4n) is 4.24. The van der Waals surface area contributed by atoms with E-state index in [1.807, 2.05) is 61.8 Å². The van der Waals surface area contributed by atoms with Crippen molar-refractivity contribution in [3.8, 4) is 0 Å². The number of nitrogens with two attached hydrogens (primary N) is 1. The lowest BCUT2D eigenvalue weighted by Crippen LogP contribution is -2.23. The van der Waals surface area contributed by atoms with Crippen LogP contribution in [-0.2, 0) is 13.1 Å². The predicted molar refractivity (Wildman–Crippen MR) is 128 cm³/mol. The molecule has 8 heteroatoms. The van der Waals surface area contributed by atoms with Crippen LogP contribution in [0, 0.1) is 20.8 Å². The van der Waals surface area contributed by atoms with E-state index in [4.69, 9.17) is 5.73 Å². The monoisotopic (exact) mass is 439 g/mol. The number of rotatable bonds is 5. The van der Waals surface area contributed by atoms with Crippen LogP contribution < -0.4 is 11.1 Å². The van der Waals surface area contributed by atoms with Gasteiger partial charge in [0, 0.05) is 36.7 Å². The molecule has 0 saturated carbocycles. The fraction of sp³-hybridized carbons (Fsp3) is 0.200. The largest absolute Gasteiger partial charge is 0.383 e. The van der Waals surface area contributed by atoms with Crippen LogP contribution in [0.2, 0.25) is 0 Å². The van der Waals surface area contributed by atoms with Gasteiger partial charge in [-0.05, 0) is 66.6 Å². The second kappa shape index (κ2) is 8.05. The van der Waals surface area contributed by atoms with Gasteiger partial charge in [-0.2, -0.15) is 5.10 Å². The molecule has 5 aromatic rings. The average Bonchev–Trinajstić information content (AvgIpc) is 3.41.